The predicted molar refractivity (Wildman–Crippen MR) is 109 cm³/mol. The zero-order valence-electron chi connectivity index (χ0n) is 17.1. The Bertz CT molecular complexity index is 1050. The van der Waals surface area contributed by atoms with E-state index in [4.69, 9.17) is 9.47 Å². The molecule has 0 unspecified atom stereocenters. The quantitative estimate of drug-likeness (QED) is 0.650. The van der Waals surface area contributed by atoms with Crippen LogP contribution in [0.15, 0.2) is 28.5 Å². The lowest BCUT2D eigenvalue weighted by molar-refractivity contribution is -0.131. The Labute approximate surface area is 179 Å². The van der Waals surface area contributed by atoms with E-state index in [9.17, 15) is 22.0 Å². The maximum absolute atomic E-state index is 14.6. The van der Waals surface area contributed by atoms with Gasteiger partial charge in [-0.05, 0) is 50.5 Å². The van der Waals surface area contributed by atoms with Crippen molar-refractivity contribution in [3.8, 4) is 5.75 Å². The molecule has 31 heavy (non-hydrogen) atoms. The number of ether oxygens (including phenoxy) is 2. The molecule has 1 saturated heterocycles. The van der Waals surface area contributed by atoms with Crippen molar-refractivity contribution in [2.75, 3.05) is 19.4 Å². The van der Waals surface area contributed by atoms with Gasteiger partial charge in [-0.25, -0.2) is 17.2 Å². The maximum atomic E-state index is 14.6. The molecule has 3 heterocycles. The molecule has 10 heteroatoms. The van der Waals surface area contributed by atoms with E-state index in [1.54, 1.807) is 0 Å². The van der Waals surface area contributed by atoms with E-state index in [0.29, 0.717) is 50.6 Å². The van der Waals surface area contributed by atoms with Crippen LogP contribution in [0.3, 0.4) is 0 Å². The number of nitrogens with zero attached hydrogens (tertiary/aromatic N) is 2. The molecule has 1 aromatic carbocycles. The van der Waals surface area contributed by atoms with E-state index < -0.39 is 34.2 Å². The van der Waals surface area contributed by atoms with Crippen molar-refractivity contribution in [2.45, 2.75) is 50.5 Å². The second-order valence-corrected chi connectivity index (χ2v) is 9.78. The molecule has 0 atom stereocenters. The summed E-state index contributed by atoms with van der Waals surface area (Å²) in [5.41, 5.74) is 0.958. The molecular weight excluding hydrogens is 430 g/mol. The van der Waals surface area contributed by atoms with Crippen LogP contribution in [0.25, 0.3) is 0 Å². The Morgan fingerprint density at radius 1 is 1.16 bits per heavy atom. The van der Waals surface area contributed by atoms with Crippen LogP contribution in [0.5, 0.6) is 5.75 Å². The third-order valence-corrected chi connectivity index (χ3v) is 6.37. The first kappa shape index (κ1) is 21.7. The number of rotatable bonds is 1. The van der Waals surface area contributed by atoms with Gasteiger partial charge >= 0.3 is 0 Å². The van der Waals surface area contributed by atoms with E-state index >= 15 is 0 Å². The summed E-state index contributed by atoms with van der Waals surface area (Å²) in [6.07, 6.45) is 5.75. The minimum absolute atomic E-state index is 0.103. The van der Waals surface area contributed by atoms with Crippen LogP contribution in [-0.2, 0) is 19.6 Å². The van der Waals surface area contributed by atoms with Gasteiger partial charge in [0.05, 0.1) is 18.1 Å². The van der Waals surface area contributed by atoms with Gasteiger partial charge in [0, 0.05) is 18.2 Å². The van der Waals surface area contributed by atoms with Crippen LogP contribution < -0.4 is 4.74 Å². The summed E-state index contributed by atoms with van der Waals surface area (Å²) in [4.78, 5) is 14.3. The van der Waals surface area contributed by atoms with Crippen LogP contribution in [0.2, 0.25) is 0 Å². The largest absolute Gasteiger partial charge is 0.496 e. The summed E-state index contributed by atoms with van der Waals surface area (Å²) in [6.45, 7) is -0.151. The lowest BCUT2D eigenvalue weighted by Gasteiger charge is -2.31. The summed E-state index contributed by atoms with van der Waals surface area (Å²) in [5.74, 6) is -2.23. The average molecular weight is 454 g/mol. The van der Waals surface area contributed by atoms with Gasteiger partial charge in [0.1, 0.15) is 17.8 Å². The number of hydrogen-bond donors (Lipinski definition) is 0. The molecule has 4 aliphatic rings. The normalized spacial score (nSPS) is 27.6. The Morgan fingerprint density at radius 2 is 1.90 bits per heavy atom. The van der Waals surface area contributed by atoms with Crippen molar-refractivity contribution in [1.82, 2.24) is 4.90 Å². The predicted octanol–water partition coefficient (Wildman–Crippen LogP) is 3.26. The van der Waals surface area contributed by atoms with Crippen LogP contribution in [0.1, 0.15) is 50.0 Å². The molecule has 168 valence electrons. The summed E-state index contributed by atoms with van der Waals surface area (Å²) in [6, 6.07) is 2.02. The third kappa shape index (κ3) is 4.89. The monoisotopic (exact) mass is 454 g/mol. The lowest BCUT2D eigenvalue weighted by Crippen LogP contribution is -2.41. The minimum Gasteiger partial charge on any atom is -0.496 e. The van der Waals surface area contributed by atoms with Gasteiger partial charge in [0.15, 0.2) is 18.2 Å². The first-order valence-electron chi connectivity index (χ1n) is 10.3. The van der Waals surface area contributed by atoms with Gasteiger partial charge < -0.3 is 14.4 Å². The summed E-state index contributed by atoms with van der Waals surface area (Å²) >= 11 is 0. The molecule has 5 rings (SSSR count). The fourth-order valence-electron chi connectivity index (χ4n) is 4.41. The second-order valence-electron chi connectivity index (χ2n) is 8.13. The fourth-order valence-corrected chi connectivity index (χ4v) is 5.00. The lowest BCUT2D eigenvalue weighted by atomic mass is 9.82. The molecule has 2 bridgehead atoms. The summed E-state index contributed by atoms with van der Waals surface area (Å²) in [7, 11) is -3.67. The smallest absolute Gasteiger partial charge is 0.265 e. The Balaban J connectivity index is 1.74. The first-order valence-corrected chi connectivity index (χ1v) is 12.1. The highest BCUT2D eigenvalue weighted by Crippen LogP contribution is 2.40. The first-order chi connectivity index (χ1) is 14.7. The number of fused-ring (bicyclic) bond motifs is 5. The van der Waals surface area contributed by atoms with Crippen molar-refractivity contribution < 1.29 is 31.5 Å². The number of sulfonamides is 1. The second kappa shape index (κ2) is 8.57. The van der Waals surface area contributed by atoms with E-state index in [-0.39, 0.29) is 29.2 Å². The number of piperidine rings is 1. The maximum Gasteiger partial charge on any atom is 0.265 e. The molecule has 0 N–H and O–H groups in total. The molecule has 0 radical (unpaired) electrons. The topological polar surface area (TPSA) is 85.3 Å². The fraction of sp³-hybridized carbons (Fsp3) is 0.524. The van der Waals surface area contributed by atoms with Gasteiger partial charge in [-0.3, -0.25) is 4.79 Å². The van der Waals surface area contributed by atoms with Crippen molar-refractivity contribution in [1.29, 1.82) is 0 Å². The van der Waals surface area contributed by atoms with Gasteiger partial charge in [0.2, 0.25) is 0 Å². The summed E-state index contributed by atoms with van der Waals surface area (Å²) < 4.78 is 67.3. The molecule has 1 aromatic rings. The van der Waals surface area contributed by atoms with E-state index in [1.165, 1.54) is 17.2 Å². The molecule has 7 nitrogen and oxygen atoms in total. The number of allylic oxidation sites excluding steroid dienone is 1. The standard InChI is InChI=1S/C21H24F2N2O5S/c1-31(27,28)24-18-3-2-8-25-19(18)11-29-15-6-4-13(5-7-15)16-9-14(22)10-17(23)21(16)30-12-20(25)26/h9-11,13,15H,2-8,12H2,1H3/b19-11-,24-18+. The van der Waals surface area contributed by atoms with Gasteiger partial charge in [-0.2, -0.15) is 4.40 Å². The third-order valence-electron chi connectivity index (χ3n) is 5.82. The Kier molecular flexibility index (Phi) is 6.00. The highest BCUT2D eigenvalue weighted by Gasteiger charge is 2.32. The molecule has 2 fully saturated rings. The zero-order valence-corrected chi connectivity index (χ0v) is 18.0. The van der Waals surface area contributed by atoms with Crippen molar-refractivity contribution in [3.63, 3.8) is 0 Å². The van der Waals surface area contributed by atoms with E-state index in [0.717, 1.165) is 12.3 Å². The van der Waals surface area contributed by atoms with E-state index in [1.807, 2.05) is 0 Å². The Hall–Kier alpha value is -2.49. The molecule has 1 amide bonds. The molecular formula is C21H24F2N2O5S. The molecule has 1 saturated carbocycles. The van der Waals surface area contributed by atoms with Gasteiger partial charge in [-0.15, -0.1) is 0 Å². The van der Waals surface area contributed by atoms with Crippen LogP contribution in [-0.4, -0.2) is 50.4 Å². The van der Waals surface area contributed by atoms with E-state index in [2.05, 4.69) is 4.40 Å². The molecule has 0 spiro atoms. The number of halogens is 2. The van der Waals surface area contributed by atoms with Crippen molar-refractivity contribution in [3.05, 3.63) is 41.3 Å². The number of benzene rings is 1. The van der Waals surface area contributed by atoms with Crippen molar-refractivity contribution in [2.24, 2.45) is 4.40 Å². The number of hydrogen-bond acceptors (Lipinski definition) is 5. The number of amides is 1. The number of carbonyl (C=O) groups excluding carboxylic acids is 1. The van der Waals surface area contributed by atoms with Crippen LogP contribution in [0.4, 0.5) is 8.78 Å². The number of carbonyl (C=O) groups is 1. The molecule has 1 aliphatic carbocycles. The van der Waals surface area contributed by atoms with Crippen molar-refractivity contribution >= 4 is 21.6 Å². The Morgan fingerprint density at radius 3 is 2.61 bits per heavy atom. The van der Waals surface area contributed by atoms with Crippen LogP contribution >= 0.6 is 0 Å². The average Bonchev–Trinajstić information content (AvgIpc) is 2.71. The molecule has 3 aliphatic heterocycles. The molecule has 0 aromatic heterocycles. The van der Waals surface area contributed by atoms with Gasteiger partial charge in [-0.1, -0.05) is 0 Å². The van der Waals surface area contributed by atoms with Gasteiger partial charge in [0.25, 0.3) is 15.9 Å². The zero-order chi connectivity index (χ0) is 22.2. The van der Waals surface area contributed by atoms with Crippen LogP contribution in [0, 0.1) is 11.6 Å². The highest BCUT2D eigenvalue weighted by atomic mass is 32.2. The SMILES string of the molecule is CS(=O)(=O)/N=C1CCCN2C(=O)COc3c(F)cc(F)cc3C3CCC(CC3)O\C=C\12. The summed E-state index contributed by atoms with van der Waals surface area (Å²) in [5, 5.41) is 0. The highest BCUT2D eigenvalue weighted by molar-refractivity contribution is 7.89. The minimum atomic E-state index is -3.67.